The first-order valence-electron chi connectivity index (χ1n) is 9.10. The summed E-state index contributed by atoms with van der Waals surface area (Å²) < 4.78 is 17.9. The molecule has 1 N–H and O–H groups in total. The number of benzene rings is 1. The highest BCUT2D eigenvalue weighted by molar-refractivity contribution is 5.92. The Morgan fingerprint density at radius 3 is 2.32 bits per heavy atom. The molecule has 9 heteroatoms. The highest BCUT2D eigenvalue weighted by Crippen LogP contribution is 2.11. The van der Waals surface area contributed by atoms with E-state index in [1.807, 2.05) is 0 Å². The summed E-state index contributed by atoms with van der Waals surface area (Å²) in [7, 11) is 0. The van der Waals surface area contributed by atoms with Crippen molar-refractivity contribution in [1.82, 2.24) is 20.0 Å². The summed E-state index contributed by atoms with van der Waals surface area (Å²) >= 11 is 0. The minimum Gasteiger partial charge on any atom is -0.450 e. The molecule has 148 valence electrons. The largest absolute Gasteiger partial charge is 0.450 e. The molecule has 1 fully saturated rings. The van der Waals surface area contributed by atoms with Gasteiger partial charge in [-0.15, -0.1) is 10.2 Å². The number of piperazine rings is 1. The lowest BCUT2D eigenvalue weighted by Gasteiger charge is -2.33. The number of ether oxygens (including phenoxy) is 1. The summed E-state index contributed by atoms with van der Waals surface area (Å²) in [6, 6.07) is 9.45. The van der Waals surface area contributed by atoms with Crippen LogP contribution in [0.2, 0.25) is 0 Å². The van der Waals surface area contributed by atoms with Gasteiger partial charge >= 0.3 is 6.09 Å². The molecule has 0 atom stereocenters. The number of nitrogens with one attached hydrogen (secondary N) is 1. The van der Waals surface area contributed by atoms with Crippen molar-refractivity contribution in [3.63, 3.8) is 0 Å². The van der Waals surface area contributed by atoms with Crippen molar-refractivity contribution in [3.05, 3.63) is 53.5 Å². The minimum atomic E-state index is -0.356. The van der Waals surface area contributed by atoms with E-state index >= 15 is 0 Å². The van der Waals surface area contributed by atoms with E-state index < -0.39 is 0 Å². The molecule has 0 saturated carbocycles. The Hall–Kier alpha value is -3.23. The zero-order valence-corrected chi connectivity index (χ0v) is 15.6. The second-order valence-electron chi connectivity index (χ2n) is 6.26. The summed E-state index contributed by atoms with van der Waals surface area (Å²) in [5.41, 5.74) is 1.15. The molecule has 3 rings (SSSR count). The normalized spacial score (nSPS) is 13.9. The summed E-state index contributed by atoms with van der Waals surface area (Å²) in [4.78, 5) is 27.5. The number of rotatable bonds is 5. The van der Waals surface area contributed by atoms with E-state index in [1.54, 1.807) is 41.0 Å². The van der Waals surface area contributed by atoms with Gasteiger partial charge in [-0.3, -0.25) is 4.79 Å². The van der Waals surface area contributed by atoms with Crippen LogP contribution in [-0.4, -0.2) is 64.8 Å². The van der Waals surface area contributed by atoms with Crippen molar-refractivity contribution in [2.24, 2.45) is 0 Å². The van der Waals surface area contributed by atoms with E-state index in [4.69, 9.17) is 4.74 Å². The van der Waals surface area contributed by atoms with E-state index in [2.05, 4.69) is 15.5 Å². The van der Waals surface area contributed by atoms with E-state index in [0.717, 1.165) is 5.56 Å². The molecular weight excluding hydrogens is 365 g/mol. The van der Waals surface area contributed by atoms with Gasteiger partial charge in [0.15, 0.2) is 5.69 Å². The SMILES string of the molecule is CCOC(=O)N1CCN(C(=O)c2ccc(NCc3ccc(F)cc3)nn2)CC1. The first kappa shape index (κ1) is 19.5. The molecular formula is C19H22FN5O3. The molecule has 0 aliphatic carbocycles. The number of hydrogen-bond acceptors (Lipinski definition) is 6. The molecule has 0 spiro atoms. The lowest BCUT2D eigenvalue weighted by molar-refractivity contribution is 0.0565. The topological polar surface area (TPSA) is 87.7 Å². The van der Waals surface area contributed by atoms with Gasteiger partial charge in [-0.1, -0.05) is 12.1 Å². The van der Waals surface area contributed by atoms with Crippen LogP contribution in [0.25, 0.3) is 0 Å². The third kappa shape index (κ3) is 4.93. The van der Waals surface area contributed by atoms with Gasteiger partial charge in [-0.25, -0.2) is 9.18 Å². The van der Waals surface area contributed by atoms with Crippen LogP contribution in [0.4, 0.5) is 15.0 Å². The Kier molecular flexibility index (Phi) is 6.36. The predicted molar refractivity (Wildman–Crippen MR) is 100 cm³/mol. The number of anilines is 1. The van der Waals surface area contributed by atoms with E-state index in [0.29, 0.717) is 45.1 Å². The van der Waals surface area contributed by atoms with Crippen LogP contribution in [0.1, 0.15) is 23.0 Å². The second-order valence-corrected chi connectivity index (χ2v) is 6.26. The number of carbonyl (C=O) groups excluding carboxylic acids is 2. The Labute approximate surface area is 162 Å². The smallest absolute Gasteiger partial charge is 0.409 e. The molecule has 2 heterocycles. The monoisotopic (exact) mass is 387 g/mol. The molecule has 0 unspecified atom stereocenters. The summed E-state index contributed by atoms with van der Waals surface area (Å²) in [6.45, 7) is 4.25. The van der Waals surface area contributed by atoms with Gasteiger partial charge in [0.1, 0.15) is 11.6 Å². The first-order chi connectivity index (χ1) is 13.6. The third-order valence-corrected chi connectivity index (χ3v) is 4.36. The summed E-state index contributed by atoms with van der Waals surface area (Å²) in [6.07, 6.45) is -0.356. The fourth-order valence-electron chi connectivity index (χ4n) is 2.80. The Morgan fingerprint density at radius 2 is 1.71 bits per heavy atom. The standard InChI is InChI=1S/C19H22FN5O3/c1-2-28-19(27)25-11-9-24(10-12-25)18(26)16-7-8-17(23-22-16)21-13-14-3-5-15(20)6-4-14/h3-8H,2,9-13H2,1H3,(H,21,23). The maximum absolute atomic E-state index is 12.9. The van der Waals surface area contributed by atoms with Gasteiger partial charge in [-0.2, -0.15) is 0 Å². The van der Waals surface area contributed by atoms with Gasteiger partial charge in [0, 0.05) is 32.7 Å². The number of nitrogens with zero attached hydrogens (tertiary/aromatic N) is 4. The van der Waals surface area contributed by atoms with Crippen molar-refractivity contribution in [2.75, 3.05) is 38.1 Å². The average molecular weight is 387 g/mol. The van der Waals surface area contributed by atoms with Crippen molar-refractivity contribution < 1.29 is 18.7 Å². The number of hydrogen-bond donors (Lipinski definition) is 1. The van der Waals surface area contributed by atoms with Gasteiger partial charge in [0.25, 0.3) is 5.91 Å². The number of carbonyl (C=O) groups is 2. The van der Waals surface area contributed by atoms with Crippen molar-refractivity contribution in [1.29, 1.82) is 0 Å². The molecule has 1 aliphatic heterocycles. The summed E-state index contributed by atoms with van der Waals surface area (Å²) in [5.74, 6) is 0.0172. The average Bonchev–Trinajstić information content (AvgIpc) is 2.73. The Balaban J connectivity index is 1.51. The molecule has 0 bridgehead atoms. The van der Waals surface area contributed by atoms with Gasteiger partial charge in [-0.05, 0) is 36.8 Å². The van der Waals surface area contributed by atoms with Gasteiger partial charge in [0.05, 0.1) is 6.61 Å². The molecule has 1 aromatic heterocycles. The molecule has 2 amide bonds. The number of amides is 2. The van der Waals surface area contributed by atoms with E-state index in [1.165, 1.54) is 12.1 Å². The van der Waals surface area contributed by atoms with Crippen LogP contribution in [0, 0.1) is 5.82 Å². The van der Waals surface area contributed by atoms with Crippen molar-refractivity contribution in [2.45, 2.75) is 13.5 Å². The second kappa shape index (κ2) is 9.12. The van der Waals surface area contributed by atoms with Crippen LogP contribution in [-0.2, 0) is 11.3 Å². The number of halogens is 1. The fourth-order valence-corrected chi connectivity index (χ4v) is 2.80. The predicted octanol–water partition coefficient (Wildman–Crippen LogP) is 2.14. The molecule has 2 aromatic rings. The van der Waals surface area contributed by atoms with E-state index in [-0.39, 0.29) is 23.5 Å². The maximum atomic E-state index is 12.9. The van der Waals surface area contributed by atoms with Crippen molar-refractivity contribution in [3.8, 4) is 0 Å². The minimum absolute atomic E-state index is 0.221. The highest BCUT2D eigenvalue weighted by atomic mass is 19.1. The quantitative estimate of drug-likeness (QED) is 0.846. The zero-order chi connectivity index (χ0) is 19.9. The first-order valence-corrected chi connectivity index (χ1v) is 9.10. The number of aromatic nitrogens is 2. The van der Waals surface area contributed by atoms with Crippen LogP contribution in [0.5, 0.6) is 0 Å². The van der Waals surface area contributed by atoms with Crippen LogP contribution in [0.3, 0.4) is 0 Å². The highest BCUT2D eigenvalue weighted by Gasteiger charge is 2.26. The van der Waals surface area contributed by atoms with Gasteiger partial charge < -0.3 is 19.9 Å². The molecule has 1 saturated heterocycles. The van der Waals surface area contributed by atoms with Gasteiger partial charge in [0.2, 0.25) is 0 Å². The molecule has 8 nitrogen and oxygen atoms in total. The molecule has 1 aromatic carbocycles. The van der Waals surface area contributed by atoms with Crippen LogP contribution in [0.15, 0.2) is 36.4 Å². The zero-order valence-electron chi connectivity index (χ0n) is 15.6. The maximum Gasteiger partial charge on any atom is 0.409 e. The lowest BCUT2D eigenvalue weighted by atomic mass is 10.2. The Bertz CT molecular complexity index is 805. The molecule has 0 radical (unpaired) electrons. The van der Waals surface area contributed by atoms with Crippen LogP contribution < -0.4 is 5.32 Å². The Morgan fingerprint density at radius 1 is 1.04 bits per heavy atom. The third-order valence-electron chi connectivity index (χ3n) is 4.36. The summed E-state index contributed by atoms with van der Waals surface area (Å²) in [5, 5.41) is 11.1. The fraction of sp³-hybridized carbons (Fsp3) is 0.368. The molecule has 1 aliphatic rings. The van der Waals surface area contributed by atoms with E-state index in [9.17, 15) is 14.0 Å². The lowest BCUT2D eigenvalue weighted by Crippen LogP contribution is -2.50. The molecule has 28 heavy (non-hydrogen) atoms. The van der Waals surface area contributed by atoms with Crippen LogP contribution >= 0.6 is 0 Å². The van der Waals surface area contributed by atoms with Crippen molar-refractivity contribution >= 4 is 17.8 Å².